The van der Waals surface area contributed by atoms with Gasteiger partial charge in [0, 0.05) is 43.5 Å². The maximum Gasteiger partial charge on any atom is 0.0702 e. The fraction of sp³-hybridized carbons (Fsp3) is 0.389. The van der Waals surface area contributed by atoms with E-state index in [1.165, 1.54) is 11.1 Å². The molecule has 1 aromatic carbocycles. The number of piperazine rings is 1. The molecule has 1 aliphatic heterocycles. The highest BCUT2D eigenvalue weighted by atomic mass is 15.2. The summed E-state index contributed by atoms with van der Waals surface area (Å²) < 4.78 is 0. The molecule has 0 aliphatic carbocycles. The van der Waals surface area contributed by atoms with Gasteiger partial charge in [0.1, 0.15) is 0 Å². The zero-order valence-corrected chi connectivity index (χ0v) is 12.8. The number of rotatable bonds is 3. The molecule has 3 heteroatoms. The van der Waals surface area contributed by atoms with Gasteiger partial charge in [0.25, 0.3) is 0 Å². The second kappa shape index (κ2) is 5.96. The van der Waals surface area contributed by atoms with Crippen LogP contribution in [0.15, 0.2) is 48.7 Å². The molecule has 1 fully saturated rings. The Morgan fingerprint density at radius 3 is 2.86 bits per heavy atom. The molecule has 0 radical (unpaired) electrons. The minimum absolute atomic E-state index is 0.205. The van der Waals surface area contributed by atoms with Crippen molar-refractivity contribution in [1.82, 2.24) is 15.2 Å². The largest absolute Gasteiger partial charge is 0.309 e. The zero-order chi connectivity index (χ0) is 14.7. The third kappa shape index (κ3) is 3.69. The Morgan fingerprint density at radius 2 is 2.10 bits per heavy atom. The predicted octanol–water partition coefficient (Wildman–Crippen LogP) is 2.93. The summed E-state index contributed by atoms with van der Waals surface area (Å²) in [5.41, 5.74) is 3.80. The standard InChI is InChI=1S/C18H23N3/c1-18(2)14-21(11-10-20-18)13-15-6-5-7-16(12-15)17-8-3-4-9-19-17/h3-9,12,20H,10-11,13-14H2,1-2H3. The Kier molecular flexibility index (Phi) is 4.04. The van der Waals surface area contributed by atoms with Crippen LogP contribution in [0.25, 0.3) is 11.3 Å². The van der Waals surface area contributed by atoms with Gasteiger partial charge in [-0.3, -0.25) is 9.88 Å². The van der Waals surface area contributed by atoms with E-state index < -0.39 is 0 Å². The molecule has 0 spiro atoms. The van der Waals surface area contributed by atoms with Gasteiger partial charge in [-0.25, -0.2) is 0 Å². The molecule has 3 nitrogen and oxygen atoms in total. The van der Waals surface area contributed by atoms with E-state index in [0.717, 1.165) is 31.9 Å². The predicted molar refractivity (Wildman–Crippen MR) is 87.0 cm³/mol. The van der Waals surface area contributed by atoms with E-state index in [1.807, 2.05) is 18.3 Å². The highest BCUT2D eigenvalue weighted by molar-refractivity contribution is 5.59. The normalized spacial score (nSPS) is 18.6. The van der Waals surface area contributed by atoms with Crippen molar-refractivity contribution in [2.75, 3.05) is 19.6 Å². The van der Waals surface area contributed by atoms with Crippen molar-refractivity contribution in [3.63, 3.8) is 0 Å². The van der Waals surface area contributed by atoms with Gasteiger partial charge in [0.15, 0.2) is 0 Å². The van der Waals surface area contributed by atoms with Gasteiger partial charge in [0.05, 0.1) is 5.69 Å². The summed E-state index contributed by atoms with van der Waals surface area (Å²) in [6, 6.07) is 14.8. The molecule has 0 saturated carbocycles. The van der Waals surface area contributed by atoms with Crippen LogP contribution in [0.2, 0.25) is 0 Å². The molecule has 1 aliphatic rings. The van der Waals surface area contributed by atoms with Gasteiger partial charge >= 0.3 is 0 Å². The Balaban J connectivity index is 1.75. The summed E-state index contributed by atoms with van der Waals surface area (Å²) in [7, 11) is 0. The number of nitrogens with one attached hydrogen (secondary N) is 1. The van der Waals surface area contributed by atoms with Crippen LogP contribution >= 0.6 is 0 Å². The van der Waals surface area contributed by atoms with Gasteiger partial charge in [0.2, 0.25) is 0 Å². The molecule has 1 saturated heterocycles. The molecular formula is C18H23N3. The molecule has 1 N–H and O–H groups in total. The number of nitrogens with zero attached hydrogens (tertiary/aromatic N) is 2. The molecule has 0 amide bonds. The summed E-state index contributed by atoms with van der Waals surface area (Å²) in [6.45, 7) is 8.80. The fourth-order valence-corrected chi connectivity index (χ4v) is 3.00. The molecular weight excluding hydrogens is 258 g/mol. The SMILES string of the molecule is CC1(C)CN(Cc2cccc(-c3ccccn3)c2)CCN1. The summed E-state index contributed by atoms with van der Waals surface area (Å²) in [4.78, 5) is 6.96. The summed E-state index contributed by atoms with van der Waals surface area (Å²) in [5, 5.41) is 3.56. The summed E-state index contributed by atoms with van der Waals surface area (Å²) >= 11 is 0. The molecule has 0 atom stereocenters. The van der Waals surface area contributed by atoms with Crippen molar-refractivity contribution in [1.29, 1.82) is 0 Å². The van der Waals surface area contributed by atoms with Crippen LogP contribution in [0, 0.1) is 0 Å². The summed E-state index contributed by atoms with van der Waals surface area (Å²) in [6.07, 6.45) is 1.85. The zero-order valence-electron chi connectivity index (χ0n) is 12.8. The van der Waals surface area contributed by atoms with E-state index in [2.05, 4.69) is 59.4 Å². The lowest BCUT2D eigenvalue weighted by molar-refractivity contribution is 0.148. The minimum atomic E-state index is 0.205. The number of pyridine rings is 1. The third-order valence-corrected chi connectivity index (χ3v) is 3.94. The van der Waals surface area contributed by atoms with Gasteiger partial charge in [-0.2, -0.15) is 0 Å². The third-order valence-electron chi connectivity index (χ3n) is 3.94. The first-order valence-corrected chi connectivity index (χ1v) is 7.60. The Bertz CT molecular complexity index is 592. The Hall–Kier alpha value is -1.71. The van der Waals surface area contributed by atoms with Crippen LogP contribution < -0.4 is 5.32 Å². The van der Waals surface area contributed by atoms with Crippen LogP contribution in [0.4, 0.5) is 0 Å². The van der Waals surface area contributed by atoms with Crippen LogP contribution in [-0.2, 0) is 6.54 Å². The first kappa shape index (κ1) is 14.2. The fourth-order valence-electron chi connectivity index (χ4n) is 3.00. The second-order valence-electron chi connectivity index (χ2n) is 6.44. The number of hydrogen-bond donors (Lipinski definition) is 1. The highest BCUT2D eigenvalue weighted by Gasteiger charge is 2.25. The van der Waals surface area contributed by atoms with E-state index in [9.17, 15) is 0 Å². The second-order valence-corrected chi connectivity index (χ2v) is 6.44. The number of aromatic nitrogens is 1. The van der Waals surface area contributed by atoms with E-state index >= 15 is 0 Å². The topological polar surface area (TPSA) is 28.2 Å². The molecule has 1 aromatic heterocycles. The first-order valence-electron chi connectivity index (χ1n) is 7.60. The average Bonchev–Trinajstić information content (AvgIpc) is 2.47. The van der Waals surface area contributed by atoms with Crippen LogP contribution in [0.5, 0.6) is 0 Å². The van der Waals surface area contributed by atoms with Crippen molar-refractivity contribution >= 4 is 0 Å². The van der Waals surface area contributed by atoms with Crippen LogP contribution in [-0.4, -0.2) is 35.1 Å². The molecule has 110 valence electrons. The molecule has 0 unspecified atom stereocenters. The van der Waals surface area contributed by atoms with E-state index in [-0.39, 0.29) is 5.54 Å². The molecule has 2 heterocycles. The Labute approximate surface area is 127 Å². The van der Waals surface area contributed by atoms with Gasteiger partial charge in [-0.05, 0) is 37.6 Å². The van der Waals surface area contributed by atoms with Gasteiger partial charge in [-0.15, -0.1) is 0 Å². The Morgan fingerprint density at radius 1 is 1.19 bits per heavy atom. The average molecular weight is 281 g/mol. The lowest BCUT2D eigenvalue weighted by Gasteiger charge is -2.39. The highest BCUT2D eigenvalue weighted by Crippen LogP contribution is 2.20. The quantitative estimate of drug-likeness (QED) is 0.937. The van der Waals surface area contributed by atoms with Crippen LogP contribution in [0.3, 0.4) is 0 Å². The monoisotopic (exact) mass is 281 g/mol. The maximum atomic E-state index is 4.44. The van der Waals surface area contributed by atoms with Gasteiger partial charge in [-0.1, -0.05) is 24.3 Å². The maximum absolute atomic E-state index is 4.44. The molecule has 2 aromatic rings. The smallest absolute Gasteiger partial charge is 0.0702 e. The van der Waals surface area contributed by atoms with E-state index in [4.69, 9.17) is 0 Å². The van der Waals surface area contributed by atoms with Crippen molar-refractivity contribution in [2.24, 2.45) is 0 Å². The van der Waals surface area contributed by atoms with Crippen molar-refractivity contribution < 1.29 is 0 Å². The number of hydrogen-bond acceptors (Lipinski definition) is 3. The number of benzene rings is 1. The molecule has 0 bridgehead atoms. The van der Waals surface area contributed by atoms with E-state index in [0.29, 0.717) is 0 Å². The lowest BCUT2D eigenvalue weighted by Crippen LogP contribution is -2.56. The molecule has 21 heavy (non-hydrogen) atoms. The van der Waals surface area contributed by atoms with Crippen LogP contribution in [0.1, 0.15) is 19.4 Å². The van der Waals surface area contributed by atoms with Crippen molar-refractivity contribution in [3.05, 3.63) is 54.2 Å². The minimum Gasteiger partial charge on any atom is -0.309 e. The first-order chi connectivity index (χ1) is 10.1. The summed E-state index contributed by atoms with van der Waals surface area (Å²) in [5.74, 6) is 0. The lowest BCUT2D eigenvalue weighted by atomic mass is 10.0. The van der Waals surface area contributed by atoms with Crippen molar-refractivity contribution in [3.8, 4) is 11.3 Å². The van der Waals surface area contributed by atoms with Gasteiger partial charge < -0.3 is 5.32 Å². The van der Waals surface area contributed by atoms with Crippen molar-refractivity contribution in [2.45, 2.75) is 25.9 Å². The van der Waals surface area contributed by atoms with E-state index in [1.54, 1.807) is 0 Å². The molecule has 3 rings (SSSR count).